The van der Waals surface area contributed by atoms with Crippen molar-refractivity contribution in [2.75, 3.05) is 22.9 Å². The molecule has 0 aliphatic carbocycles. The van der Waals surface area contributed by atoms with Crippen LogP contribution in [-0.4, -0.2) is 28.3 Å². The predicted octanol–water partition coefficient (Wildman–Crippen LogP) is 2.34. The van der Waals surface area contributed by atoms with Crippen molar-refractivity contribution in [2.24, 2.45) is 0 Å². The number of hydrogen-bond acceptors (Lipinski definition) is 5. The van der Waals surface area contributed by atoms with Crippen LogP contribution in [0.15, 0.2) is 6.07 Å². The summed E-state index contributed by atoms with van der Waals surface area (Å²) in [6.07, 6.45) is 1.07. The van der Waals surface area contributed by atoms with Crippen LogP contribution in [0, 0.1) is 6.92 Å². The average Bonchev–Trinajstić information content (AvgIpc) is 2.25. The van der Waals surface area contributed by atoms with Crippen LogP contribution in [0.5, 0.6) is 0 Å². The van der Waals surface area contributed by atoms with E-state index in [1.807, 2.05) is 13.0 Å². The molecule has 0 saturated carbocycles. The maximum Gasteiger partial charge on any atom is 0.132 e. The molecule has 0 fully saturated rings. The Hall–Kier alpha value is -0.970. The van der Waals surface area contributed by atoms with Gasteiger partial charge in [-0.05, 0) is 20.3 Å². The zero-order chi connectivity index (χ0) is 12.0. The van der Waals surface area contributed by atoms with Crippen molar-refractivity contribution in [3.63, 3.8) is 0 Å². The Kier molecular flexibility index (Phi) is 5.38. The second kappa shape index (κ2) is 6.58. The van der Waals surface area contributed by atoms with Crippen molar-refractivity contribution in [1.29, 1.82) is 0 Å². The van der Waals surface area contributed by atoms with Gasteiger partial charge >= 0.3 is 0 Å². The minimum Gasteiger partial charge on any atom is -0.369 e. The van der Waals surface area contributed by atoms with Gasteiger partial charge in [0.15, 0.2) is 0 Å². The van der Waals surface area contributed by atoms with E-state index >= 15 is 0 Å². The largest absolute Gasteiger partial charge is 0.369 e. The first kappa shape index (κ1) is 13.1. The van der Waals surface area contributed by atoms with Gasteiger partial charge in [0.05, 0.1) is 0 Å². The topological polar surface area (TPSA) is 49.8 Å². The maximum atomic E-state index is 4.35. The second-order valence-electron chi connectivity index (χ2n) is 3.79. The fourth-order valence-electron chi connectivity index (χ4n) is 1.27. The van der Waals surface area contributed by atoms with Gasteiger partial charge in [0.25, 0.3) is 0 Å². The van der Waals surface area contributed by atoms with Gasteiger partial charge in [-0.2, -0.15) is 12.6 Å². The van der Waals surface area contributed by atoms with E-state index in [2.05, 4.69) is 47.1 Å². The van der Waals surface area contributed by atoms with Crippen LogP contribution in [0.1, 0.15) is 26.1 Å². The van der Waals surface area contributed by atoms with Crippen LogP contribution in [0.2, 0.25) is 0 Å². The Morgan fingerprint density at radius 1 is 1.38 bits per heavy atom. The van der Waals surface area contributed by atoms with Gasteiger partial charge in [0, 0.05) is 24.4 Å². The molecule has 1 aromatic heterocycles. The SMILES string of the molecule is CCC(C)Nc1cc(NCCS)nc(C)n1. The van der Waals surface area contributed by atoms with Crippen molar-refractivity contribution < 1.29 is 0 Å². The minimum absolute atomic E-state index is 0.423. The highest BCUT2D eigenvalue weighted by atomic mass is 32.1. The highest BCUT2D eigenvalue weighted by Crippen LogP contribution is 2.12. The van der Waals surface area contributed by atoms with Gasteiger partial charge in [-0.1, -0.05) is 6.92 Å². The summed E-state index contributed by atoms with van der Waals surface area (Å²) in [6, 6.07) is 2.36. The summed E-state index contributed by atoms with van der Waals surface area (Å²) in [4.78, 5) is 8.66. The molecule has 0 aliphatic rings. The Morgan fingerprint density at radius 2 is 2.06 bits per heavy atom. The lowest BCUT2D eigenvalue weighted by Gasteiger charge is -2.13. The number of aromatic nitrogens is 2. The van der Waals surface area contributed by atoms with E-state index in [0.717, 1.165) is 36.2 Å². The third-order valence-corrected chi connectivity index (χ3v) is 2.49. The van der Waals surface area contributed by atoms with Gasteiger partial charge < -0.3 is 10.6 Å². The fourth-order valence-corrected chi connectivity index (χ4v) is 1.38. The van der Waals surface area contributed by atoms with Crippen LogP contribution in [0.25, 0.3) is 0 Å². The smallest absolute Gasteiger partial charge is 0.132 e. The molecule has 0 bridgehead atoms. The van der Waals surface area contributed by atoms with Crippen molar-refractivity contribution in [1.82, 2.24) is 9.97 Å². The van der Waals surface area contributed by atoms with Crippen molar-refractivity contribution in [3.8, 4) is 0 Å². The molecule has 1 rings (SSSR count). The van der Waals surface area contributed by atoms with Crippen molar-refractivity contribution in [2.45, 2.75) is 33.2 Å². The van der Waals surface area contributed by atoms with E-state index in [9.17, 15) is 0 Å². The average molecular weight is 240 g/mol. The van der Waals surface area contributed by atoms with Gasteiger partial charge in [-0.3, -0.25) is 0 Å². The lowest BCUT2D eigenvalue weighted by Crippen LogP contribution is -2.16. The monoisotopic (exact) mass is 240 g/mol. The van der Waals surface area contributed by atoms with Crippen LogP contribution in [-0.2, 0) is 0 Å². The summed E-state index contributed by atoms with van der Waals surface area (Å²) in [6.45, 7) is 6.99. The second-order valence-corrected chi connectivity index (χ2v) is 4.24. The van der Waals surface area contributed by atoms with E-state index in [0.29, 0.717) is 6.04 Å². The third-order valence-electron chi connectivity index (χ3n) is 2.26. The summed E-state index contributed by atoms with van der Waals surface area (Å²) >= 11 is 4.15. The summed E-state index contributed by atoms with van der Waals surface area (Å²) < 4.78 is 0. The standard InChI is InChI=1S/C11H20N4S/c1-4-8(2)13-11-7-10(12-5-6-16)14-9(3)15-11/h7-8,16H,4-6H2,1-3H3,(H2,12,13,14,15). The molecular formula is C11H20N4S. The highest BCUT2D eigenvalue weighted by Gasteiger charge is 2.03. The first-order valence-electron chi connectivity index (χ1n) is 5.62. The van der Waals surface area contributed by atoms with Crippen LogP contribution in [0.4, 0.5) is 11.6 Å². The molecule has 0 spiro atoms. The first-order chi connectivity index (χ1) is 7.65. The lowest BCUT2D eigenvalue weighted by molar-refractivity contribution is 0.757. The molecule has 2 N–H and O–H groups in total. The zero-order valence-corrected chi connectivity index (χ0v) is 11.0. The summed E-state index contributed by atoms with van der Waals surface area (Å²) in [5.74, 6) is 3.29. The van der Waals surface area contributed by atoms with Gasteiger partial charge in [0.2, 0.25) is 0 Å². The maximum absolute atomic E-state index is 4.35. The van der Waals surface area contributed by atoms with Crippen LogP contribution >= 0.6 is 12.6 Å². The van der Waals surface area contributed by atoms with Gasteiger partial charge in [-0.25, -0.2) is 9.97 Å². The van der Waals surface area contributed by atoms with Gasteiger partial charge in [-0.15, -0.1) is 0 Å². The van der Waals surface area contributed by atoms with E-state index in [4.69, 9.17) is 0 Å². The summed E-state index contributed by atoms with van der Waals surface area (Å²) in [5.41, 5.74) is 0. The number of aryl methyl sites for hydroxylation is 1. The molecule has 1 atom stereocenters. The number of nitrogens with one attached hydrogen (secondary N) is 2. The van der Waals surface area contributed by atoms with E-state index in [1.165, 1.54) is 0 Å². The molecule has 90 valence electrons. The fraction of sp³-hybridized carbons (Fsp3) is 0.636. The molecule has 1 heterocycles. The molecule has 0 aromatic carbocycles. The predicted molar refractivity (Wildman–Crippen MR) is 72.5 cm³/mol. The molecule has 1 unspecified atom stereocenters. The summed E-state index contributed by atoms with van der Waals surface area (Å²) in [7, 11) is 0. The summed E-state index contributed by atoms with van der Waals surface area (Å²) in [5, 5.41) is 6.54. The molecule has 0 radical (unpaired) electrons. The zero-order valence-electron chi connectivity index (χ0n) is 10.1. The third kappa shape index (κ3) is 4.26. The lowest BCUT2D eigenvalue weighted by atomic mass is 10.2. The quantitative estimate of drug-likeness (QED) is 0.668. The minimum atomic E-state index is 0.423. The van der Waals surface area contributed by atoms with Crippen molar-refractivity contribution in [3.05, 3.63) is 11.9 Å². The molecular weight excluding hydrogens is 220 g/mol. The number of thiol groups is 1. The van der Waals surface area contributed by atoms with Gasteiger partial charge in [0.1, 0.15) is 17.5 Å². The number of anilines is 2. The Balaban J connectivity index is 2.73. The Morgan fingerprint density at radius 3 is 2.69 bits per heavy atom. The Labute approximate surface area is 103 Å². The van der Waals surface area contributed by atoms with Crippen LogP contribution < -0.4 is 10.6 Å². The Bertz CT molecular complexity index is 330. The van der Waals surface area contributed by atoms with E-state index in [-0.39, 0.29) is 0 Å². The molecule has 0 aliphatic heterocycles. The molecule has 16 heavy (non-hydrogen) atoms. The van der Waals surface area contributed by atoms with Crippen molar-refractivity contribution >= 4 is 24.3 Å². The molecule has 1 aromatic rings. The molecule has 0 amide bonds. The number of nitrogens with zero attached hydrogens (tertiary/aromatic N) is 2. The molecule has 5 heteroatoms. The van der Waals surface area contributed by atoms with E-state index in [1.54, 1.807) is 0 Å². The highest BCUT2D eigenvalue weighted by molar-refractivity contribution is 7.80. The number of rotatable bonds is 6. The normalized spacial score (nSPS) is 12.2. The van der Waals surface area contributed by atoms with Crippen LogP contribution in [0.3, 0.4) is 0 Å². The number of hydrogen-bond donors (Lipinski definition) is 3. The first-order valence-corrected chi connectivity index (χ1v) is 6.26. The molecule has 0 saturated heterocycles. The molecule has 4 nitrogen and oxygen atoms in total. The van der Waals surface area contributed by atoms with E-state index < -0.39 is 0 Å².